The average molecular weight is 361 g/mol. The number of benzene rings is 2. The molecule has 1 N–H and O–H groups in total. The van der Waals surface area contributed by atoms with E-state index in [9.17, 15) is 0 Å². The Kier molecular flexibility index (Phi) is 3.31. The van der Waals surface area contributed by atoms with Crippen LogP contribution in [-0.2, 0) is 13.0 Å². The quantitative estimate of drug-likeness (QED) is 0.740. The van der Waals surface area contributed by atoms with Gasteiger partial charge in [-0.3, -0.25) is 0 Å². The molecule has 5 heteroatoms. The van der Waals surface area contributed by atoms with Gasteiger partial charge in [0.05, 0.1) is 16.8 Å². The molecule has 1 aliphatic rings. The Bertz CT molecular complexity index is 782. The van der Waals surface area contributed by atoms with Gasteiger partial charge in [0, 0.05) is 23.0 Å². The standard InChI is InChI=1S/C16H13BrN2OS/c17-12-7-10-5-6-20-15(10)11(8-12)9-18-16-19-13-3-1-2-4-14(13)21-16/h1-4,7-8H,5-6,9H2,(H,18,19). The van der Waals surface area contributed by atoms with E-state index in [4.69, 9.17) is 4.74 Å². The number of hydrogen-bond acceptors (Lipinski definition) is 4. The number of thiazole rings is 1. The molecule has 2 aromatic carbocycles. The number of aromatic nitrogens is 1. The molecular weight excluding hydrogens is 348 g/mol. The molecule has 0 spiro atoms. The fourth-order valence-corrected chi connectivity index (χ4v) is 4.01. The number of hydrogen-bond donors (Lipinski definition) is 1. The van der Waals surface area contributed by atoms with E-state index in [1.165, 1.54) is 15.8 Å². The number of ether oxygens (including phenoxy) is 1. The predicted molar refractivity (Wildman–Crippen MR) is 90.3 cm³/mol. The van der Waals surface area contributed by atoms with Crippen LogP contribution in [0.4, 0.5) is 5.13 Å². The molecule has 3 nitrogen and oxygen atoms in total. The average Bonchev–Trinajstić information content (AvgIpc) is 3.10. The molecule has 0 atom stereocenters. The van der Waals surface area contributed by atoms with Crippen LogP contribution in [0.25, 0.3) is 10.2 Å². The maximum atomic E-state index is 5.75. The molecule has 0 unspecified atom stereocenters. The smallest absolute Gasteiger partial charge is 0.184 e. The molecule has 0 fully saturated rings. The Balaban J connectivity index is 1.59. The predicted octanol–water partition coefficient (Wildman–Crippen LogP) is 4.61. The van der Waals surface area contributed by atoms with Crippen LogP contribution >= 0.6 is 27.3 Å². The molecule has 1 aliphatic heterocycles. The summed E-state index contributed by atoms with van der Waals surface area (Å²) in [5.74, 6) is 1.03. The zero-order valence-electron chi connectivity index (χ0n) is 11.2. The summed E-state index contributed by atoms with van der Waals surface area (Å²) in [6.07, 6.45) is 0.989. The minimum absolute atomic E-state index is 0.724. The van der Waals surface area contributed by atoms with Crippen molar-refractivity contribution in [1.29, 1.82) is 0 Å². The van der Waals surface area contributed by atoms with Crippen molar-refractivity contribution in [1.82, 2.24) is 4.98 Å². The maximum Gasteiger partial charge on any atom is 0.184 e. The van der Waals surface area contributed by atoms with Crippen molar-refractivity contribution in [2.24, 2.45) is 0 Å². The van der Waals surface area contributed by atoms with Crippen molar-refractivity contribution in [3.05, 3.63) is 52.0 Å². The first-order valence-electron chi connectivity index (χ1n) is 6.83. The second-order valence-corrected chi connectivity index (χ2v) is 6.94. The van der Waals surface area contributed by atoms with Crippen molar-refractivity contribution in [2.45, 2.75) is 13.0 Å². The normalized spacial score (nSPS) is 13.2. The van der Waals surface area contributed by atoms with E-state index >= 15 is 0 Å². The summed E-state index contributed by atoms with van der Waals surface area (Å²) in [5, 5.41) is 4.36. The Hall–Kier alpha value is -1.59. The summed E-state index contributed by atoms with van der Waals surface area (Å²) in [4.78, 5) is 4.60. The van der Waals surface area contributed by atoms with Gasteiger partial charge < -0.3 is 10.1 Å². The second kappa shape index (κ2) is 5.31. The van der Waals surface area contributed by atoms with Crippen LogP contribution in [0.5, 0.6) is 5.75 Å². The van der Waals surface area contributed by atoms with Crippen LogP contribution in [0.15, 0.2) is 40.9 Å². The van der Waals surface area contributed by atoms with E-state index in [1.54, 1.807) is 11.3 Å². The minimum Gasteiger partial charge on any atom is -0.493 e. The lowest BCUT2D eigenvalue weighted by atomic mass is 10.1. The fourth-order valence-electron chi connectivity index (χ4n) is 2.60. The van der Waals surface area contributed by atoms with Crippen LogP contribution in [0.1, 0.15) is 11.1 Å². The fraction of sp³-hybridized carbons (Fsp3) is 0.188. The Morgan fingerprint density at radius 2 is 2.19 bits per heavy atom. The highest BCUT2D eigenvalue weighted by molar-refractivity contribution is 9.10. The minimum atomic E-state index is 0.724. The SMILES string of the molecule is Brc1cc2c(c(CNc3nc4ccccc4s3)c1)OCC2. The van der Waals surface area contributed by atoms with Gasteiger partial charge in [-0.2, -0.15) is 0 Å². The largest absolute Gasteiger partial charge is 0.493 e. The summed E-state index contributed by atoms with van der Waals surface area (Å²) < 4.78 is 8.06. The molecule has 0 aliphatic carbocycles. The molecule has 0 amide bonds. The molecule has 4 rings (SSSR count). The van der Waals surface area contributed by atoms with Crippen molar-refractivity contribution >= 4 is 42.6 Å². The molecular formula is C16H13BrN2OS. The zero-order chi connectivity index (χ0) is 14.2. The first-order valence-corrected chi connectivity index (χ1v) is 8.44. The topological polar surface area (TPSA) is 34.2 Å². The molecule has 0 radical (unpaired) electrons. The van der Waals surface area contributed by atoms with Crippen molar-refractivity contribution < 1.29 is 4.74 Å². The van der Waals surface area contributed by atoms with Crippen molar-refractivity contribution in [3.8, 4) is 5.75 Å². The van der Waals surface area contributed by atoms with Crippen LogP contribution < -0.4 is 10.1 Å². The number of nitrogens with one attached hydrogen (secondary N) is 1. The van der Waals surface area contributed by atoms with Gasteiger partial charge >= 0.3 is 0 Å². The van der Waals surface area contributed by atoms with Gasteiger partial charge in [0.2, 0.25) is 0 Å². The number of para-hydroxylation sites is 1. The highest BCUT2D eigenvalue weighted by Crippen LogP contribution is 2.34. The van der Waals surface area contributed by atoms with Gasteiger partial charge in [0.15, 0.2) is 5.13 Å². The van der Waals surface area contributed by atoms with Crippen molar-refractivity contribution in [2.75, 3.05) is 11.9 Å². The van der Waals surface area contributed by atoms with E-state index in [2.05, 4.69) is 44.4 Å². The molecule has 21 heavy (non-hydrogen) atoms. The molecule has 0 bridgehead atoms. The molecule has 0 saturated carbocycles. The lowest BCUT2D eigenvalue weighted by Gasteiger charge is -2.09. The summed E-state index contributed by atoms with van der Waals surface area (Å²) >= 11 is 5.25. The third-order valence-corrected chi connectivity index (χ3v) is 5.00. The molecule has 3 aromatic rings. The van der Waals surface area contributed by atoms with Crippen LogP contribution in [0, 0.1) is 0 Å². The highest BCUT2D eigenvalue weighted by Gasteiger charge is 2.17. The van der Waals surface area contributed by atoms with Gasteiger partial charge in [-0.15, -0.1) is 0 Å². The Morgan fingerprint density at radius 1 is 1.29 bits per heavy atom. The third-order valence-electron chi connectivity index (χ3n) is 3.55. The summed E-state index contributed by atoms with van der Waals surface area (Å²) in [5.41, 5.74) is 3.50. The Morgan fingerprint density at radius 3 is 3.10 bits per heavy atom. The second-order valence-electron chi connectivity index (χ2n) is 4.99. The molecule has 1 aromatic heterocycles. The number of rotatable bonds is 3. The van der Waals surface area contributed by atoms with Crippen LogP contribution in [-0.4, -0.2) is 11.6 Å². The van der Waals surface area contributed by atoms with Gasteiger partial charge in [-0.25, -0.2) is 4.98 Å². The van der Waals surface area contributed by atoms with Gasteiger partial charge in [-0.1, -0.05) is 39.4 Å². The summed E-state index contributed by atoms with van der Waals surface area (Å²) in [6, 6.07) is 12.4. The van der Waals surface area contributed by atoms with E-state index in [1.807, 2.05) is 18.2 Å². The lowest BCUT2D eigenvalue weighted by Crippen LogP contribution is -2.01. The molecule has 0 saturated heterocycles. The molecule has 2 heterocycles. The summed E-state index contributed by atoms with van der Waals surface area (Å²) in [6.45, 7) is 1.50. The number of halogens is 1. The van der Waals surface area contributed by atoms with E-state index < -0.39 is 0 Å². The number of nitrogens with zero attached hydrogens (tertiary/aromatic N) is 1. The first-order chi connectivity index (χ1) is 10.3. The first kappa shape index (κ1) is 13.1. The Labute approximate surface area is 135 Å². The zero-order valence-corrected chi connectivity index (χ0v) is 13.6. The van der Waals surface area contributed by atoms with Crippen LogP contribution in [0.3, 0.4) is 0 Å². The highest BCUT2D eigenvalue weighted by atomic mass is 79.9. The summed E-state index contributed by atoms with van der Waals surface area (Å²) in [7, 11) is 0. The van der Waals surface area contributed by atoms with E-state index in [-0.39, 0.29) is 0 Å². The third kappa shape index (κ3) is 2.51. The number of anilines is 1. The van der Waals surface area contributed by atoms with Gasteiger partial charge in [0.25, 0.3) is 0 Å². The van der Waals surface area contributed by atoms with Crippen molar-refractivity contribution in [3.63, 3.8) is 0 Å². The van der Waals surface area contributed by atoms with E-state index in [0.717, 1.165) is 40.4 Å². The molecule has 106 valence electrons. The van der Waals surface area contributed by atoms with E-state index in [0.29, 0.717) is 0 Å². The van der Waals surface area contributed by atoms with Gasteiger partial charge in [0.1, 0.15) is 5.75 Å². The monoisotopic (exact) mass is 360 g/mol. The number of fused-ring (bicyclic) bond motifs is 2. The lowest BCUT2D eigenvalue weighted by molar-refractivity contribution is 0.354. The van der Waals surface area contributed by atoms with Crippen LogP contribution in [0.2, 0.25) is 0 Å². The maximum absolute atomic E-state index is 5.75. The van der Waals surface area contributed by atoms with Gasteiger partial charge in [-0.05, 0) is 29.8 Å².